The summed E-state index contributed by atoms with van der Waals surface area (Å²) in [4.78, 5) is 1.97. The summed E-state index contributed by atoms with van der Waals surface area (Å²) in [6, 6.07) is 0.564. The predicted molar refractivity (Wildman–Crippen MR) is 60.6 cm³/mol. The lowest BCUT2D eigenvalue weighted by molar-refractivity contribution is 0.234. The van der Waals surface area contributed by atoms with Crippen LogP contribution in [0.1, 0.15) is 37.5 Å². The van der Waals surface area contributed by atoms with E-state index in [0.717, 1.165) is 25.8 Å². The smallest absolute Gasteiger partial charge is 0.318 e. The summed E-state index contributed by atoms with van der Waals surface area (Å²) in [6.07, 6.45) is 3.18. The molecule has 0 bridgehead atoms. The molecule has 0 spiro atoms. The molecule has 0 radical (unpaired) electrons. The maximum Gasteiger partial charge on any atom is 0.318 e. The van der Waals surface area contributed by atoms with Crippen LogP contribution in [0.3, 0.4) is 0 Å². The zero-order valence-electron chi connectivity index (χ0n) is 9.27. The number of hydrogen-bond acceptors (Lipinski definition) is 5. The molecule has 90 valence electrons. The summed E-state index contributed by atoms with van der Waals surface area (Å²) >= 11 is 5.86. The second-order valence-electron chi connectivity index (χ2n) is 4.06. The first-order valence-corrected chi connectivity index (χ1v) is 6.01. The predicted octanol–water partition coefficient (Wildman–Crippen LogP) is 1.72. The molecule has 1 aromatic rings. The van der Waals surface area contributed by atoms with E-state index in [0.29, 0.717) is 11.9 Å². The van der Waals surface area contributed by atoms with Crippen LogP contribution in [0.4, 0.5) is 6.01 Å². The molecule has 0 amide bonds. The van der Waals surface area contributed by atoms with Crippen LogP contribution in [-0.2, 0) is 0 Å². The third-order valence-electron chi connectivity index (χ3n) is 2.85. The van der Waals surface area contributed by atoms with Gasteiger partial charge in [0.05, 0.1) is 12.6 Å². The molecule has 1 aromatic heterocycles. The summed E-state index contributed by atoms with van der Waals surface area (Å²) in [5.74, 6) is 0.430. The molecule has 1 N–H and O–H groups in total. The van der Waals surface area contributed by atoms with Gasteiger partial charge < -0.3 is 14.4 Å². The first-order valence-electron chi connectivity index (χ1n) is 5.57. The third kappa shape index (κ3) is 2.30. The van der Waals surface area contributed by atoms with Crippen LogP contribution >= 0.6 is 11.6 Å². The van der Waals surface area contributed by atoms with E-state index in [9.17, 15) is 5.11 Å². The van der Waals surface area contributed by atoms with Gasteiger partial charge in [-0.3, -0.25) is 0 Å². The monoisotopic (exact) mass is 245 g/mol. The highest BCUT2D eigenvalue weighted by atomic mass is 35.5. The normalized spacial score (nSPS) is 23.4. The molecule has 0 aliphatic carbocycles. The van der Waals surface area contributed by atoms with Crippen molar-refractivity contribution in [2.75, 3.05) is 18.1 Å². The lowest BCUT2D eigenvalue weighted by atomic mass is 10.0. The minimum atomic E-state index is -0.279. The molecule has 16 heavy (non-hydrogen) atoms. The quantitative estimate of drug-likeness (QED) is 0.822. The standard InChI is InChI=1S/C10H16ClN3O2/c1-7(11)9-12-13-10(16-9)14-5-3-2-4-8(14)6-15/h7-8,15H,2-6H2,1H3. The Hall–Kier alpha value is -0.810. The van der Waals surface area contributed by atoms with Crippen LogP contribution in [0, 0.1) is 0 Å². The molecule has 0 aromatic carbocycles. The fourth-order valence-electron chi connectivity index (χ4n) is 1.95. The van der Waals surface area contributed by atoms with Crippen LogP contribution in [0.25, 0.3) is 0 Å². The summed E-state index contributed by atoms with van der Waals surface area (Å²) < 4.78 is 5.48. The van der Waals surface area contributed by atoms with Crippen molar-refractivity contribution < 1.29 is 9.52 Å². The lowest BCUT2D eigenvalue weighted by Gasteiger charge is -2.32. The van der Waals surface area contributed by atoms with Gasteiger partial charge in [0.1, 0.15) is 5.38 Å². The van der Waals surface area contributed by atoms with Crippen molar-refractivity contribution in [3.63, 3.8) is 0 Å². The van der Waals surface area contributed by atoms with Gasteiger partial charge >= 0.3 is 6.01 Å². The highest BCUT2D eigenvalue weighted by Gasteiger charge is 2.26. The molecule has 2 unspecified atom stereocenters. The summed E-state index contributed by atoms with van der Waals surface area (Å²) in [5.41, 5.74) is 0. The number of alkyl halides is 1. The van der Waals surface area contributed by atoms with Crippen molar-refractivity contribution in [3.05, 3.63) is 5.89 Å². The fraction of sp³-hybridized carbons (Fsp3) is 0.800. The zero-order chi connectivity index (χ0) is 11.5. The molecule has 1 saturated heterocycles. The van der Waals surface area contributed by atoms with E-state index in [1.165, 1.54) is 0 Å². The average molecular weight is 246 g/mol. The number of aliphatic hydroxyl groups excluding tert-OH is 1. The van der Waals surface area contributed by atoms with E-state index in [-0.39, 0.29) is 18.0 Å². The minimum Gasteiger partial charge on any atom is -0.406 e. The van der Waals surface area contributed by atoms with Crippen LogP contribution < -0.4 is 4.90 Å². The molecule has 2 heterocycles. The third-order valence-corrected chi connectivity index (χ3v) is 3.04. The van der Waals surface area contributed by atoms with Crippen LogP contribution in [-0.4, -0.2) is 34.5 Å². The molecule has 6 heteroatoms. The molecular weight excluding hydrogens is 230 g/mol. The van der Waals surface area contributed by atoms with Gasteiger partial charge in [-0.25, -0.2) is 0 Å². The van der Waals surface area contributed by atoms with E-state index >= 15 is 0 Å². The van der Waals surface area contributed by atoms with E-state index in [2.05, 4.69) is 10.2 Å². The molecule has 2 atom stereocenters. The molecule has 5 nitrogen and oxygen atoms in total. The zero-order valence-corrected chi connectivity index (χ0v) is 10.0. The van der Waals surface area contributed by atoms with Gasteiger partial charge in [0.15, 0.2) is 0 Å². The average Bonchev–Trinajstić information content (AvgIpc) is 2.78. The Kier molecular flexibility index (Phi) is 3.66. The van der Waals surface area contributed by atoms with Gasteiger partial charge in [-0.15, -0.1) is 16.7 Å². The number of aromatic nitrogens is 2. The number of nitrogens with zero attached hydrogens (tertiary/aromatic N) is 3. The highest BCUT2D eigenvalue weighted by Crippen LogP contribution is 2.26. The minimum absolute atomic E-state index is 0.0904. The Labute approximate surface area is 99.4 Å². The topological polar surface area (TPSA) is 62.4 Å². The van der Waals surface area contributed by atoms with Gasteiger partial charge in [-0.05, 0) is 26.2 Å². The summed E-state index contributed by atoms with van der Waals surface area (Å²) in [6.45, 7) is 2.76. The van der Waals surface area contributed by atoms with Crippen molar-refractivity contribution in [1.82, 2.24) is 10.2 Å². The van der Waals surface area contributed by atoms with Gasteiger partial charge in [0.2, 0.25) is 5.89 Å². The van der Waals surface area contributed by atoms with Gasteiger partial charge in [0.25, 0.3) is 0 Å². The Morgan fingerprint density at radius 1 is 1.56 bits per heavy atom. The maximum absolute atomic E-state index is 9.28. The number of hydrogen-bond donors (Lipinski definition) is 1. The number of anilines is 1. The van der Waals surface area contributed by atoms with Crippen molar-refractivity contribution >= 4 is 17.6 Å². The summed E-state index contributed by atoms with van der Waals surface area (Å²) in [7, 11) is 0. The number of rotatable bonds is 3. The van der Waals surface area contributed by atoms with Crippen molar-refractivity contribution in [2.24, 2.45) is 0 Å². The largest absolute Gasteiger partial charge is 0.406 e. The van der Waals surface area contributed by atoms with E-state index < -0.39 is 0 Å². The first-order chi connectivity index (χ1) is 7.72. The summed E-state index contributed by atoms with van der Waals surface area (Å²) in [5, 5.41) is 16.9. The fourth-order valence-corrected chi connectivity index (χ4v) is 2.03. The Balaban J connectivity index is 2.14. The lowest BCUT2D eigenvalue weighted by Crippen LogP contribution is -2.42. The SMILES string of the molecule is CC(Cl)c1nnc(N2CCCCC2CO)o1. The van der Waals surface area contributed by atoms with Crippen LogP contribution in [0.5, 0.6) is 0 Å². The molecular formula is C10H16ClN3O2. The van der Waals surface area contributed by atoms with Gasteiger partial charge in [-0.1, -0.05) is 5.10 Å². The van der Waals surface area contributed by atoms with Crippen LogP contribution in [0.15, 0.2) is 4.42 Å². The van der Waals surface area contributed by atoms with Crippen molar-refractivity contribution in [2.45, 2.75) is 37.6 Å². The van der Waals surface area contributed by atoms with Crippen LogP contribution in [0.2, 0.25) is 0 Å². The van der Waals surface area contributed by atoms with Gasteiger partial charge in [-0.2, -0.15) is 0 Å². The number of aliphatic hydroxyl groups is 1. The Morgan fingerprint density at radius 3 is 3.00 bits per heavy atom. The maximum atomic E-state index is 9.28. The molecule has 1 aliphatic rings. The van der Waals surface area contributed by atoms with E-state index in [1.54, 1.807) is 6.92 Å². The number of piperidine rings is 1. The second-order valence-corrected chi connectivity index (χ2v) is 4.72. The molecule has 1 aliphatic heterocycles. The second kappa shape index (κ2) is 5.01. The highest BCUT2D eigenvalue weighted by molar-refractivity contribution is 6.20. The van der Waals surface area contributed by atoms with E-state index in [4.69, 9.17) is 16.0 Å². The molecule has 1 fully saturated rings. The van der Waals surface area contributed by atoms with Crippen molar-refractivity contribution in [1.29, 1.82) is 0 Å². The molecule has 0 saturated carbocycles. The van der Waals surface area contributed by atoms with Gasteiger partial charge in [0, 0.05) is 6.54 Å². The first kappa shape index (κ1) is 11.7. The molecule has 2 rings (SSSR count). The van der Waals surface area contributed by atoms with Crippen molar-refractivity contribution in [3.8, 4) is 0 Å². The Morgan fingerprint density at radius 2 is 2.38 bits per heavy atom. The Bertz CT molecular complexity index is 343. The number of halogens is 1. The van der Waals surface area contributed by atoms with E-state index in [1.807, 2.05) is 4.90 Å².